The molecule has 2 heterocycles. The minimum absolute atomic E-state index is 0. The summed E-state index contributed by atoms with van der Waals surface area (Å²) in [5.41, 5.74) is 1.13. The minimum Gasteiger partial charge on any atom is -0.333 e. The van der Waals surface area contributed by atoms with Gasteiger partial charge in [0.05, 0.1) is 6.04 Å². The number of piperidine rings is 1. The largest absolute Gasteiger partial charge is 0.333 e. The molecule has 1 amide bonds. The number of likely N-dealkylation sites (tertiary alicyclic amines) is 1. The lowest BCUT2D eigenvalue weighted by Crippen LogP contribution is -2.51. The van der Waals surface area contributed by atoms with Crippen LogP contribution in [0, 0.1) is 5.92 Å². The second kappa shape index (κ2) is 9.83. The molecule has 7 heteroatoms. The molecule has 0 radical (unpaired) electrons. The Hall–Kier alpha value is -0.520. The van der Waals surface area contributed by atoms with E-state index in [2.05, 4.69) is 28.2 Å². The van der Waals surface area contributed by atoms with E-state index in [0.29, 0.717) is 5.91 Å². The third-order valence-corrected chi connectivity index (χ3v) is 5.06. The topological polar surface area (TPSA) is 35.6 Å². The SMILES string of the molecule is CN1CCC(C(=O)N2CCNCC2c2cccc(Cl)c2)CC1.Cl.Cl. The highest BCUT2D eigenvalue weighted by atomic mass is 35.5. The first-order valence-corrected chi connectivity index (χ1v) is 8.48. The lowest BCUT2D eigenvalue weighted by molar-refractivity contribution is -0.140. The lowest BCUT2D eigenvalue weighted by atomic mass is 9.93. The zero-order valence-electron chi connectivity index (χ0n) is 13.9. The number of hydrogen-bond donors (Lipinski definition) is 1. The molecule has 1 atom stereocenters. The highest BCUT2D eigenvalue weighted by Crippen LogP contribution is 2.28. The number of amides is 1. The molecule has 1 aromatic carbocycles. The number of halogens is 3. The van der Waals surface area contributed by atoms with Crippen molar-refractivity contribution < 1.29 is 4.79 Å². The molecular formula is C17H26Cl3N3O. The van der Waals surface area contributed by atoms with Crippen LogP contribution >= 0.6 is 36.4 Å². The van der Waals surface area contributed by atoms with E-state index in [4.69, 9.17) is 11.6 Å². The van der Waals surface area contributed by atoms with E-state index in [1.54, 1.807) is 0 Å². The van der Waals surface area contributed by atoms with Crippen LogP contribution in [0.4, 0.5) is 0 Å². The van der Waals surface area contributed by atoms with E-state index >= 15 is 0 Å². The molecule has 4 nitrogen and oxygen atoms in total. The number of carbonyl (C=O) groups excluding carboxylic acids is 1. The quantitative estimate of drug-likeness (QED) is 0.837. The normalized spacial score (nSPS) is 22.4. The van der Waals surface area contributed by atoms with Gasteiger partial charge >= 0.3 is 0 Å². The number of hydrogen-bond acceptors (Lipinski definition) is 3. The van der Waals surface area contributed by atoms with Crippen molar-refractivity contribution in [1.82, 2.24) is 15.1 Å². The van der Waals surface area contributed by atoms with Crippen LogP contribution in [-0.4, -0.2) is 55.5 Å². The van der Waals surface area contributed by atoms with Crippen molar-refractivity contribution in [3.63, 3.8) is 0 Å². The van der Waals surface area contributed by atoms with Crippen LogP contribution in [0.1, 0.15) is 24.4 Å². The summed E-state index contributed by atoms with van der Waals surface area (Å²) in [6.07, 6.45) is 1.95. The molecule has 0 saturated carbocycles. The van der Waals surface area contributed by atoms with E-state index in [1.807, 2.05) is 18.2 Å². The summed E-state index contributed by atoms with van der Waals surface area (Å²) in [5.74, 6) is 0.496. The van der Waals surface area contributed by atoms with Gasteiger partial charge in [-0.15, -0.1) is 24.8 Å². The van der Waals surface area contributed by atoms with Crippen molar-refractivity contribution in [3.8, 4) is 0 Å². The summed E-state index contributed by atoms with van der Waals surface area (Å²) in [4.78, 5) is 17.3. The molecule has 2 aliphatic heterocycles. The fourth-order valence-electron chi connectivity index (χ4n) is 3.47. The van der Waals surface area contributed by atoms with E-state index in [1.165, 1.54) is 0 Å². The molecule has 0 spiro atoms. The monoisotopic (exact) mass is 393 g/mol. The summed E-state index contributed by atoms with van der Waals surface area (Å²) >= 11 is 6.13. The van der Waals surface area contributed by atoms with Gasteiger partial charge in [-0.1, -0.05) is 23.7 Å². The van der Waals surface area contributed by atoms with Gasteiger partial charge in [-0.2, -0.15) is 0 Å². The molecule has 2 saturated heterocycles. The Bertz CT molecular complexity index is 536. The van der Waals surface area contributed by atoms with Crippen molar-refractivity contribution in [2.45, 2.75) is 18.9 Å². The number of benzene rings is 1. The second-order valence-electron chi connectivity index (χ2n) is 6.38. The minimum atomic E-state index is 0. The molecule has 2 aliphatic rings. The van der Waals surface area contributed by atoms with Crippen molar-refractivity contribution >= 4 is 42.3 Å². The van der Waals surface area contributed by atoms with Crippen molar-refractivity contribution in [2.75, 3.05) is 39.8 Å². The van der Waals surface area contributed by atoms with Gasteiger partial charge in [-0.3, -0.25) is 4.79 Å². The van der Waals surface area contributed by atoms with E-state index in [-0.39, 0.29) is 36.8 Å². The number of carbonyl (C=O) groups is 1. The fourth-order valence-corrected chi connectivity index (χ4v) is 3.67. The maximum Gasteiger partial charge on any atom is 0.226 e. The van der Waals surface area contributed by atoms with Crippen LogP contribution < -0.4 is 5.32 Å². The summed E-state index contributed by atoms with van der Waals surface area (Å²) < 4.78 is 0. The molecule has 1 aromatic rings. The van der Waals surface area contributed by atoms with Crippen molar-refractivity contribution in [3.05, 3.63) is 34.9 Å². The molecule has 1 unspecified atom stereocenters. The molecule has 1 N–H and O–H groups in total. The van der Waals surface area contributed by atoms with Gasteiger partial charge in [-0.05, 0) is 50.7 Å². The average Bonchev–Trinajstić information content (AvgIpc) is 2.55. The highest BCUT2D eigenvalue weighted by molar-refractivity contribution is 6.30. The van der Waals surface area contributed by atoms with Gasteiger partial charge in [0.25, 0.3) is 0 Å². The molecular weight excluding hydrogens is 369 g/mol. The van der Waals surface area contributed by atoms with Gasteiger partial charge < -0.3 is 15.1 Å². The fraction of sp³-hybridized carbons (Fsp3) is 0.588. The Morgan fingerprint density at radius 1 is 1.21 bits per heavy atom. The first kappa shape index (κ1) is 21.5. The van der Waals surface area contributed by atoms with Crippen LogP contribution in [0.3, 0.4) is 0 Å². The maximum absolute atomic E-state index is 13.0. The molecule has 3 rings (SSSR count). The average molecular weight is 395 g/mol. The Morgan fingerprint density at radius 3 is 2.58 bits per heavy atom. The number of rotatable bonds is 2. The molecule has 2 fully saturated rings. The summed E-state index contributed by atoms with van der Waals surface area (Å²) in [5, 5.41) is 4.13. The van der Waals surface area contributed by atoms with Crippen molar-refractivity contribution in [2.24, 2.45) is 5.92 Å². The van der Waals surface area contributed by atoms with Gasteiger partial charge in [0.15, 0.2) is 0 Å². The van der Waals surface area contributed by atoms with Gasteiger partial charge in [0.1, 0.15) is 0 Å². The second-order valence-corrected chi connectivity index (χ2v) is 6.82. The van der Waals surface area contributed by atoms with Gasteiger partial charge in [0, 0.05) is 30.6 Å². The van der Waals surface area contributed by atoms with Crippen LogP contribution in [0.25, 0.3) is 0 Å². The standard InChI is InChI=1S/C17H24ClN3O.2ClH/c1-20-8-5-13(6-9-20)17(22)21-10-7-19-12-16(21)14-3-2-4-15(18)11-14;;/h2-4,11,13,16,19H,5-10,12H2,1H3;2*1H. The Kier molecular flexibility index (Phi) is 8.82. The summed E-state index contributed by atoms with van der Waals surface area (Å²) in [7, 11) is 2.13. The van der Waals surface area contributed by atoms with Crippen LogP contribution in [0.5, 0.6) is 0 Å². The highest BCUT2D eigenvalue weighted by Gasteiger charge is 2.33. The third-order valence-electron chi connectivity index (χ3n) is 4.83. The number of nitrogens with one attached hydrogen (secondary N) is 1. The summed E-state index contributed by atoms with van der Waals surface area (Å²) in [6, 6.07) is 7.99. The summed E-state index contributed by atoms with van der Waals surface area (Å²) in [6.45, 7) is 4.49. The number of nitrogens with zero attached hydrogens (tertiary/aromatic N) is 2. The molecule has 24 heavy (non-hydrogen) atoms. The Balaban J connectivity index is 0.00000144. The van der Waals surface area contributed by atoms with Gasteiger partial charge in [0.2, 0.25) is 5.91 Å². The third kappa shape index (κ3) is 4.99. The Morgan fingerprint density at radius 2 is 1.92 bits per heavy atom. The zero-order valence-corrected chi connectivity index (χ0v) is 16.3. The lowest BCUT2D eigenvalue weighted by Gasteiger charge is -2.40. The van der Waals surface area contributed by atoms with Gasteiger partial charge in [-0.25, -0.2) is 0 Å². The number of piperazine rings is 1. The van der Waals surface area contributed by atoms with E-state index in [9.17, 15) is 4.79 Å². The van der Waals surface area contributed by atoms with Crippen molar-refractivity contribution in [1.29, 1.82) is 0 Å². The van der Waals surface area contributed by atoms with Crippen LogP contribution in [-0.2, 0) is 4.79 Å². The maximum atomic E-state index is 13.0. The van der Waals surface area contributed by atoms with Crippen LogP contribution in [0.15, 0.2) is 24.3 Å². The Labute approximate surface area is 161 Å². The zero-order chi connectivity index (χ0) is 15.5. The molecule has 0 aliphatic carbocycles. The first-order valence-electron chi connectivity index (χ1n) is 8.10. The smallest absolute Gasteiger partial charge is 0.226 e. The molecule has 0 bridgehead atoms. The van der Waals surface area contributed by atoms with E-state index in [0.717, 1.165) is 56.2 Å². The molecule has 136 valence electrons. The van der Waals surface area contributed by atoms with Crippen LogP contribution in [0.2, 0.25) is 5.02 Å². The predicted molar refractivity (Wildman–Crippen MR) is 103 cm³/mol. The first-order chi connectivity index (χ1) is 10.6. The molecule has 0 aromatic heterocycles. The predicted octanol–water partition coefficient (Wildman–Crippen LogP) is 3.00. The van der Waals surface area contributed by atoms with E-state index < -0.39 is 0 Å².